The molecule has 0 saturated carbocycles. The number of hydrogen-bond donors (Lipinski definition) is 2. The Hall–Kier alpha value is -1.91. The van der Waals surface area contributed by atoms with Crippen molar-refractivity contribution >= 4 is 22.4 Å². The maximum absolute atomic E-state index is 12.6. The summed E-state index contributed by atoms with van der Waals surface area (Å²) in [6.07, 6.45) is 0.636. The van der Waals surface area contributed by atoms with Crippen molar-refractivity contribution in [2.24, 2.45) is 5.92 Å². The number of likely N-dealkylation sites (tertiary alicyclic amines) is 1. The zero-order valence-electron chi connectivity index (χ0n) is 13.7. The number of carbonyl (C=O) groups excluding carboxylic acids is 1. The van der Waals surface area contributed by atoms with Crippen LogP contribution in [-0.4, -0.2) is 41.1 Å². The fourth-order valence-corrected chi connectivity index (χ4v) is 3.30. The van der Waals surface area contributed by atoms with Crippen molar-refractivity contribution < 1.29 is 9.90 Å². The first-order valence-electron chi connectivity index (χ1n) is 8.27. The van der Waals surface area contributed by atoms with Gasteiger partial charge in [-0.05, 0) is 44.2 Å². The van der Waals surface area contributed by atoms with Gasteiger partial charge >= 0.3 is 0 Å². The lowest BCUT2D eigenvalue weighted by molar-refractivity contribution is -0.120. The van der Waals surface area contributed by atoms with Gasteiger partial charge in [-0.25, -0.2) is 0 Å². The molecule has 1 heterocycles. The lowest BCUT2D eigenvalue weighted by Crippen LogP contribution is -2.41. The standard InChI is InChI=1S/C19H24N2O2/c1-13(21-11-10-16(12-21)14(2)22)19(23)20-18-9-5-7-15-6-3-4-8-17(15)18/h3-9,13-14,16,22H,10-12H2,1-2H3,(H,20,23). The zero-order valence-corrected chi connectivity index (χ0v) is 13.7. The molecule has 3 atom stereocenters. The van der Waals surface area contributed by atoms with Crippen molar-refractivity contribution in [3.8, 4) is 0 Å². The summed E-state index contributed by atoms with van der Waals surface area (Å²) in [6, 6.07) is 13.8. The SMILES string of the molecule is CC(O)C1CCN(C(C)C(=O)Nc2cccc3ccccc23)C1. The molecule has 3 rings (SSSR count). The van der Waals surface area contributed by atoms with E-state index in [4.69, 9.17) is 0 Å². The summed E-state index contributed by atoms with van der Waals surface area (Å²) in [5.41, 5.74) is 0.853. The Labute approximate surface area is 137 Å². The normalized spacial score (nSPS) is 21.3. The second-order valence-corrected chi connectivity index (χ2v) is 6.48. The Kier molecular flexibility index (Phi) is 4.64. The second-order valence-electron chi connectivity index (χ2n) is 6.48. The van der Waals surface area contributed by atoms with E-state index >= 15 is 0 Å². The van der Waals surface area contributed by atoms with Crippen LogP contribution in [0.25, 0.3) is 10.8 Å². The van der Waals surface area contributed by atoms with Crippen LogP contribution < -0.4 is 5.32 Å². The van der Waals surface area contributed by atoms with Crippen LogP contribution in [0.4, 0.5) is 5.69 Å². The van der Waals surface area contributed by atoms with Crippen LogP contribution in [-0.2, 0) is 4.79 Å². The second kappa shape index (κ2) is 6.69. The first-order valence-corrected chi connectivity index (χ1v) is 8.27. The number of carbonyl (C=O) groups is 1. The minimum atomic E-state index is -0.312. The third kappa shape index (κ3) is 3.38. The van der Waals surface area contributed by atoms with Gasteiger partial charge in [0.1, 0.15) is 0 Å². The summed E-state index contributed by atoms with van der Waals surface area (Å²) in [5, 5.41) is 15.0. The van der Waals surface area contributed by atoms with Gasteiger partial charge in [-0.1, -0.05) is 36.4 Å². The highest BCUT2D eigenvalue weighted by atomic mass is 16.3. The quantitative estimate of drug-likeness (QED) is 0.913. The Bertz CT molecular complexity index is 693. The highest BCUT2D eigenvalue weighted by molar-refractivity contribution is 6.03. The van der Waals surface area contributed by atoms with E-state index in [1.54, 1.807) is 0 Å². The number of amides is 1. The number of hydrogen-bond acceptors (Lipinski definition) is 3. The van der Waals surface area contributed by atoms with E-state index in [1.165, 1.54) is 0 Å². The maximum atomic E-state index is 12.6. The molecule has 0 spiro atoms. The van der Waals surface area contributed by atoms with Crippen molar-refractivity contribution in [1.82, 2.24) is 4.90 Å². The molecule has 23 heavy (non-hydrogen) atoms. The van der Waals surface area contributed by atoms with Crippen molar-refractivity contribution in [3.05, 3.63) is 42.5 Å². The van der Waals surface area contributed by atoms with E-state index in [1.807, 2.05) is 56.3 Å². The number of fused-ring (bicyclic) bond motifs is 1. The summed E-state index contributed by atoms with van der Waals surface area (Å²) in [7, 11) is 0. The molecule has 4 nitrogen and oxygen atoms in total. The van der Waals surface area contributed by atoms with Gasteiger partial charge in [0.2, 0.25) is 5.91 Å². The van der Waals surface area contributed by atoms with Crippen LogP contribution in [0.3, 0.4) is 0 Å². The summed E-state index contributed by atoms with van der Waals surface area (Å²) >= 11 is 0. The van der Waals surface area contributed by atoms with E-state index < -0.39 is 0 Å². The maximum Gasteiger partial charge on any atom is 0.241 e. The molecule has 0 radical (unpaired) electrons. The van der Waals surface area contributed by atoms with Crippen LogP contribution >= 0.6 is 0 Å². The van der Waals surface area contributed by atoms with E-state index in [0.717, 1.165) is 36.0 Å². The highest BCUT2D eigenvalue weighted by Crippen LogP contribution is 2.25. The average Bonchev–Trinajstić information content (AvgIpc) is 3.04. The van der Waals surface area contributed by atoms with Crippen molar-refractivity contribution in [3.63, 3.8) is 0 Å². The summed E-state index contributed by atoms with van der Waals surface area (Å²) < 4.78 is 0. The molecule has 0 aromatic heterocycles. The molecule has 1 aliphatic rings. The molecule has 122 valence electrons. The third-order valence-corrected chi connectivity index (χ3v) is 4.91. The summed E-state index contributed by atoms with van der Waals surface area (Å²) in [6.45, 7) is 5.40. The molecule has 1 fully saturated rings. The molecule has 1 amide bonds. The number of nitrogens with zero attached hydrogens (tertiary/aromatic N) is 1. The minimum absolute atomic E-state index is 0.00703. The fraction of sp³-hybridized carbons (Fsp3) is 0.421. The van der Waals surface area contributed by atoms with Crippen LogP contribution in [0.5, 0.6) is 0 Å². The van der Waals surface area contributed by atoms with Gasteiger partial charge in [0.15, 0.2) is 0 Å². The Morgan fingerprint density at radius 3 is 2.70 bits per heavy atom. The number of anilines is 1. The van der Waals surface area contributed by atoms with E-state index in [-0.39, 0.29) is 24.0 Å². The molecule has 4 heteroatoms. The van der Waals surface area contributed by atoms with Crippen LogP contribution in [0, 0.1) is 5.92 Å². The Balaban J connectivity index is 1.71. The number of rotatable bonds is 4. The number of benzene rings is 2. The molecular weight excluding hydrogens is 288 g/mol. The molecular formula is C19H24N2O2. The molecule has 0 aliphatic carbocycles. The van der Waals surface area contributed by atoms with Gasteiger partial charge in [0.05, 0.1) is 12.1 Å². The largest absolute Gasteiger partial charge is 0.393 e. The molecule has 3 unspecified atom stereocenters. The first kappa shape index (κ1) is 16.0. The average molecular weight is 312 g/mol. The molecule has 1 saturated heterocycles. The van der Waals surface area contributed by atoms with Gasteiger partial charge in [-0.15, -0.1) is 0 Å². The van der Waals surface area contributed by atoms with E-state index in [2.05, 4.69) is 10.2 Å². The summed E-state index contributed by atoms with van der Waals surface area (Å²) in [4.78, 5) is 14.8. The fourth-order valence-electron chi connectivity index (χ4n) is 3.30. The predicted molar refractivity (Wildman–Crippen MR) is 93.4 cm³/mol. The molecule has 1 aliphatic heterocycles. The van der Waals surface area contributed by atoms with Gasteiger partial charge < -0.3 is 10.4 Å². The number of nitrogens with one attached hydrogen (secondary N) is 1. The first-order chi connectivity index (χ1) is 11.1. The molecule has 2 N–H and O–H groups in total. The topological polar surface area (TPSA) is 52.6 Å². The van der Waals surface area contributed by atoms with Gasteiger partial charge in [-0.2, -0.15) is 0 Å². The molecule has 2 aromatic rings. The highest BCUT2D eigenvalue weighted by Gasteiger charge is 2.31. The Morgan fingerprint density at radius 2 is 1.96 bits per heavy atom. The zero-order chi connectivity index (χ0) is 16.4. The Morgan fingerprint density at radius 1 is 1.22 bits per heavy atom. The van der Waals surface area contributed by atoms with E-state index in [9.17, 15) is 9.90 Å². The smallest absolute Gasteiger partial charge is 0.241 e. The number of aliphatic hydroxyl groups excluding tert-OH is 1. The van der Waals surface area contributed by atoms with Crippen molar-refractivity contribution in [2.45, 2.75) is 32.4 Å². The lowest BCUT2D eigenvalue weighted by Gasteiger charge is -2.24. The minimum Gasteiger partial charge on any atom is -0.393 e. The summed E-state index contributed by atoms with van der Waals surface area (Å²) in [5.74, 6) is 0.274. The molecule has 2 aromatic carbocycles. The van der Waals surface area contributed by atoms with Crippen molar-refractivity contribution in [1.29, 1.82) is 0 Å². The molecule has 0 bridgehead atoms. The van der Waals surface area contributed by atoms with Gasteiger partial charge in [0.25, 0.3) is 0 Å². The lowest BCUT2D eigenvalue weighted by atomic mass is 10.0. The van der Waals surface area contributed by atoms with Crippen LogP contribution in [0.1, 0.15) is 20.3 Å². The van der Waals surface area contributed by atoms with Gasteiger partial charge in [-0.3, -0.25) is 9.69 Å². The van der Waals surface area contributed by atoms with Crippen LogP contribution in [0.15, 0.2) is 42.5 Å². The number of aliphatic hydroxyl groups is 1. The van der Waals surface area contributed by atoms with Crippen molar-refractivity contribution in [2.75, 3.05) is 18.4 Å². The van der Waals surface area contributed by atoms with E-state index in [0.29, 0.717) is 0 Å². The third-order valence-electron chi connectivity index (χ3n) is 4.91. The monoisotopic (exact) mass is 312 g/mol. The predicted octanol–water partition coefficient (Wildman–Crippen LogP) is 2.87. The van der Waals surface area contributed by atoms with Crippen LogP contribution in [0.2, 0.25) is 0 Å². The van der Waals surface area contributed by atoms with Gasteiger partial charge in [0, 0.05) is 17.6 Å².